The number of nitrogens with one attached hydrogen (secondary N) is 1. The van der Waals surface area contributed by atoms with Crippen molar-refractivity contribution in [2.75, 3.05) is 26.7 Å². The van der Waals surface area contributed by atoms with Crippen LogP contribution in [0.4, 0.5) is 4.79 Å². The molecule has 0 bridgehead atoms. The number of likely N-dealkylation sites (tertiary alicyclic amines) is 1. The summed E-state index contributed by atoms with van der Waals surface area (Å²) in [7, 11) is 2.06. The number of hydrogen-bond donors (Lipinski definition) is 1. The van der Waals surface area contributed by atoms with Crippen molar-refractivity contribution >= 4 is 6.09 Å². The number of hydrogen-bond acceptors (Lipinski definition) is 3. The predicted molar refractivity (Wildman–Crippen MR) is 62.3 cm³/mol. The van der Waals surface area contributed by atoms with Crippen LogP contribution < -0.4 is 5.32 Å². The Balaban J connectivity index is 1.80. The first-order chi connectivity index (χ1) is 7.72. The Morgan fingerprint density at radius 1 is 1.44 bits per heavy atom. The zero-order valence-electron chi connectivity index (χ0n) is 10.3. The molecule has 1 aliphatic carbocycles. The average Bonchev–Trinajstić information content (AvgIpc) is 3.10. The van der Waals surface area contributed by atoms with Gasteiger partial charge in [-0.3, -0.25) is 0 Å². The van der Waals surface area contributed by atoms with E-state index in [9.17, 15) is 4.79 Å². The molecule has 16 heavy (non-hydrogen) atoms. The lowest BCUT2D eigenvalue weighted by atomic mass is 9.87. The highest BCUT2D eigenvalue weighted by Gasteiger charge is 2.48. The van der Waals surface area contributed by atoms with Crippen LogP contribution in [0.2, 0.25) is 0 Å². The molecule has 1 saturated carbocycles. The highest BCUT2D eigenvalue weighted by molar-refractivity contribution is 5.67. The van der Waals surface area contributed by atoms with Crippen molar-refractivity contribution in [1.82, 2.24) is 10.2 Å². The molecule has 4 nitrogen and oxygen atoms in total. The summed E-state index contributed by atoms with van der Waals surface area (Å²) in [6.07, 6.45) is 4.68. The maximum atomic E-state index is 11.5. The van der Waals surface area contributed by atoms with E-state index in [0.717, 1.165) is 31.8 Å². The van der Waals surface area contributed by atoms with Crippen molar-refractivity contribution in [1.29, 1.82) is 0 Å². The monoisotopic (exact) mass is 226 g/mol. The molecular formula is C12H22N2O2. The zero-order chi connectivity index (χ0) is 11.6. The van der Waals surface area contributed by atoms with Gasteiger partial charge in [0.2, 0.25) is 0 Å². The van der Waals surface area contributed by atoms with Gasteiger partial charge in [-0.2, -0.15) is 0 Å². The molecule has 1 saturated heterocycles. The molecule has 0 aromatic heterocycles. The van der Waals surface area contributed by atoms with Gasteiger partial charge in [-0.25, -0.2) is 4.79 Å². The van der Waals surface area contributed by atoms with Gasteiger partial charge in [-0.1, -0.05) is 0 Å². The van der Waals surface area contributed by atoms with Crippen molar-refractivity contribution in [3.63, 3.8) is 0 Å². The third kappa shape index (κ3) is 2.17. The molecule has 1 aliphatic heterocycles. The van der Waals surface area contributed by atoms with E-state index in [-0.39, 0.29) is 6.09 Å². The van der Waals surface area contributed by atoms with E-state index in [1.807, 2.05) is 11.8 Å². The third-order valence-electron chi connectivity index (χ3n) is 4.09. The highest BCUT2D eigenvalue weighted by Crippen LogP contribution is 2.46. The molecule has 0 atom stereocenters. The van der Waals surface area contributed by atoms with Crippen LogP contribution in [-0.2, 0) is 4.74 Å². The van der Waals surface area contributed by atoms with Gasteiger partial charge in [0.25, 0.3) is 0 Å². The minimum Gasteiger partial charge on any atom is -0.450 e. The lowest BCUT2D eigenvalue weighted by Gasteiger charge is -2.35. The van der Waals surface area contributed by atoms with E-state index in [0.29, 0.717) is 12.1 Å². The summed E-state index contributed by atoms with van der Waals surface area (Å²) in [4.78, 5) is 13.4. The second kappa shape index (κ2) is 4.62. The van der Waals surface area contributed by atoms with Gasteiger partial charge in [0, 0.05) is 18.6 Å². The fraction of sp³-hybridized carbons (Fsp3) is 0.917. The van der Waals surface area contributed by atoms with Crippen molar-refractivity contribution in [2.45, 2.75) is 38.1 Å². The fourth-order valence-electron chi connectivity index (χ4n) is 2.83. The number of piperidine rings is 1. The standard InChI is InChI=1S/C12H22N2O2/c1-3-16-11(15)14-8-4-10(5-9-14)12(13-2)6-7-12/h10,13H,3-9H2,1-2H3. The second-order valence-corrected chi connectivity index (χ2v) is 4.87. The Morgan fingerprint density at radius 2 is 2.06 bits per heavy atom. The lowest BCUT2D eigenvalue weighted by Crippen LogP contribution is -2.45. The predicted octanol–water partition coefficient (Wildman–Crippen LogP) is 1.61. The molecule has 2 aliphatic rings. The van der Waals surface area contributed by atoms with Crippen LogP contribution in [0.5, 0.6) is 0 Å². The first-order valence-corrected chi connectivity index (χ1v) is 6.32. The van der Waals surface area contributed by atoms with E-state index >= 15 is 0 Å². The molecule has 1 amide bonds. The van der Waals surface area contributed by atoms with Gasteiger partial charge < -0.3 is 15.0 Å². The number of rotatable bonds is 3. The van der Waals surface area contributed by atoms with Gasteiger partial charge in [-0.15, -0.1) is 0 Å². The van der Waals surface area contributed by atoms with Gasteiger partial charge in [0.05, 0.1) is 6.61 Å². The van der Waals surface area contributed by atoms with E-state index in [1.165, 1.54) is 12.8 Å². The highest BCUT2D eigenvalue weighted by atomic mass is 16.6. The molecule has 0 aromatic carbocycles. The number of nitrogens with zero attached hydrogens (tertiary/aromatic N) is 1. The summed E-state index contributed by atoms with van der Waals surface area (Å²) < 4.78 is 5.02. The van der Waals surface area contributed by atoms with Crippen molar-refractivity contribution in [3.05, 3.63) is 0 Å². The van der Waals surface area contributed by atoms with E-state index < -0.39 is 0 Å². The van der Waals surface area contributed by atoms with E-state index in [1.54, 1.807) is 0 Å². The van der Waals surface area contributed by atoms with Crippen LogP contribution in [0.1, 0.15) is 32.6 Å². The van der Waals surface area contributed by atoms with Gasteiger partial charge in [0.1, 0.15) is 0 Å². The van der Waals surface area contributed by atoms with Crippen molar-refractivity contribution < 1.29 is 9.53 Å². The summed E-state index contributed by atoms with van der Waals surface area (Å²) in [6, 6.07) is 0. The minimum atomic E-state index is -0.143. The van der Waals surface area contributed by atoms with Crippen LogP contribution in [0.3, 0.4) is 0 Å². The molecular weight excluding hydrogens is 204 g/mol. The van der Waals surface area contributed by atoms with Crippen LogP contribution in [0, 0.1) is 5.92 Å². The molecule has 2 rings (SSSR count). The Bertz CT molecular complexity index is 256. The number of carbonyl (C=O) groups excluding carboxylic acids is 1. The SMILES string of the molecule is CCOC(=O)N1CCC(C2(NC)CC2)CC1. The first-order valence-electron chi connectivity index (χ1n) is 6.32. The molecule has 92 valence electrons. The molecule has 1 heterocycles. The second-order valence-electron chi connectivity index (χ2n) is 4.87. The topological polar surface area (TPSA) is 41.6 Å². The summed E-state index contributed by atoms with van der Waals surface area (Å²) in [6.45, 7) is 4.03. The molecule has 0 aromatic rings. The van der Waals surface area contributed by atoms with Gasteiger partial charge >= 0.3 is 6.09 Å². The average molecular weight is 226 g/mol. The van der Waals surface area contributed by atoms with Crippen molar-refractivity contribution in [3.8, 4) is 0 Å². The normalized spacial score (nSPS) is 24.2. The van der Waals surface area contributed by atoms with Crippen LogP contribution in [0.25, 0.3) is 0 Å². The maximum absolute atomic E-state index is 11.5. The molecule has 2 fully saturated rings. The molecule has 1 N–H and O–H groups in total. The van der Waals surface area contributed by atoms with E-state index in [2.05, 4.69) is 12.4 Å². The summed E-state index contributed by atoms with van der Waals surface area (Å²) in [5.41, 5.74) is 0.404. The lowest BCUT2D eigenvalue weighted by molar-refractivity contribution is 0.0857. The summed E-state index contributed by atoms with van der Waals surface area (Å²) in [5.74, 6) is 0.739. The van der Waals surface area contributed by atoms with Crippen LogP contribution in [0.15, 0.2) is 0 Å². The van der Waals surface area contributed by atoms with Crippen molar-refractivity contribution in [2.24, 2.45) is 5.92 Å². The first kappa shape index (κ1) is 11.7. The Labute approximate surface area is 97.3 Å². The van der Waals surface area contributed by atoms with Gasteiger partial charge in [-0.05, 0) is 45.6 Å². The molecule has 4 heteroatoms. The molecule has 0 radical (unpaired) electrons. The number of ether oxygens (including phenoxy) is 1. The third-order valence-corrected chi connectivity index (χ3v) is 4.09. The smallest absolute Gasteiger partial charge is 0.409 e. The molecule has 0 unspecified atom stereocenters. The van der Waals surface area contributed by atoms with E-state index in [4.69, 9.17) is 4.74 Å². The Hall–Kier alpha value is -0.770. The van der Waals surface area contributed by atoms with Gasteiger partial charge in [0.15, 0.2) is 0 Å². The largest absolute Gasteiger partial charge is 0.450 e. The summed E-state index contributed by atoms with van der Waals surface area (Å²) >= 11 is 0. The Kier molecular flexibility index (Phi) is 3.38. The zero-order valence-corrected chi connectivity index (χ0v) is 10.3. The number of carbonyl (C=O) groups is 1. The fourth-order valence-corrected chi connectivity index (χ4v) is 2.83. The molecule has 0 spiro atoms. The maximum Gasteiger partial charge on any atom is 0.409 e. The number of amides is 1. The Morgan fingerprint density at radius 3 is 2.50 bits per heavy atom. The summed E-state index contributed by atoms with van der Waals surface area (Å²) in [5, 5.41) is 3.46. The minimum absolute atomic E-state index is 0.143. The van der Waals surface area contributed by atoms with Crippen LogP contribution in [-0.4, -0.2) is 43.3 Å². The van der Waals surface area contributed by atoms with Crippen LogP contribution >= 0.6 is 0 Å². The quantitative estimate of drug-likeness (QED) is 0.795.